The first-order chi connectivity index (χ1) is 10.4. The monoisotopic (exact) mass is 300 g/mol. The van der Waals surface area contributed by atoms with Crippen LogP contribution in [0.25, 0.3) is 11.1 Å². The standard InChI is InChI=1S/C18H24N2S/c1-2-20-10-6-9-17(20)12-19-13-18-11-16(14-21-18)15-7-4-3-5-8-15/h3-5,7-8,11,14,17,19H,2,6,9-10,12-13H2,1H3. The van der Waals surface area contributed by atoms with Gasteiger partial charge in [0.1, 0.15) is 0 Å². The van der Waals surface area contributed by atoms with Crippen molar-refractivity contribution in [2.24, 2.45) is 0 Å². The molecule has 112 valence electrons. The zero-order valence-corrected chi connectivity index (χ0v) is 13.5. The molecule has 1 aliphatic rings. The first-order valence-corrected chi connectivity index (χ1v) is 8.82. The molecule has 1 N–H and O–H groups in total. The van der Waals surface area contributed by atoms with Crippen LogP contribution in [0.3, 0.4) is 0 Å². The molecule has 1 unspecified atom stereocenters. The van der Waals surface area contributed by atoms with Gasteiger partial charge in [-0.3, -0.25) is 4.90 Å². The smallest absolute Gasteiger partial charge is 0.0300 e. The molecule has 1 aliphatic heterocycles. The number of benzene rings is 1. The second-order valence-electron chi connectivity index (χ2n) is 5.72. The molecule has 0 spiro atoms. The maximum absolute atomic E-state index is 3.64. The van der Waals surface area contributed by atoms with E-state index >= 15 is 0 Å². The SMILES string of the molecule is CCN1CCCC1CNCc1cc(-c2ccccc2)cs1. The van der Waals surface area contributed by atoms with Crippen molar-refractivity contribution in [1.82, 2.24) is 10.2 Å². The fourth-order valence-corrected chi connectivity index (χ4v) is 4.02. The average Bonchev–Trinajstić information content (AvgIpc) is 3.17. The lowest BCUT2D eigenvalue weighted by Gasteiger charge is -2.22. The number of hydrogen-bond donors (Lipinski definition) is 1. The number of nitrogens with one attached hydrogen (secondary N) is 1. The molecule has 0 saturated carbocycles. The van der Waals surface area contributed by atoms with Crippen molar-refractivity contribution in [2.45, 2.75) is 32.4 Å². The molecule has 0 aliphatic carbocycles. The van der Waals surface area contributed by atoms with E-state index < -0.39 is 0 Å². The molecule has 1 aromatic heterocycles. The molecule has 1 aromatic carbocycles. The van der Waals surface area contributed by atoms with E-state index in [1.807, 2.05) is 11.3 Å². The molecule has 0 radical (unpaired) electrons. The number of likely N-dealkylation sites (tertiary alicyclic amines) is 1. The second-order valence-corrected chi connectivity index (χ2v) is 6.72. The van der Waals surface area contributed by atoms with Gasteiger partial charge in [0.25, 0.3) is 0 Å². The van der Waals surface area contributed by atoms with Crippen LogP contribution in [-0.4, -0.2) is 30.6 Å². The van der Waals surface area contributed by atoms with E-state index in [-0.39, 0.29) is 0 Å². The van der Waals surface area contributed by atoms with Gasteiger partial charge >= 0.3 is 0 Å². The number of likely N-dealkylation sites (N-methyl/N-ethyl adjacent to an activating group) is 1. The molecule has 1 fully saturated rings. The predicted molar refractivity (Wildman–Crippen MR) is 91.7 cm³/mol. The normalized spacial score (nSPS) is 19.2. The summed E-state index contributed by atoms with van der Waals surface area (Å²) >= 11 is 1.86. The summed E-state index contributed by atoms with van der Waals surface area (Å²) in [6.07, 6.45) is 2.71. The summed E-state index contributed by atoms with van der Waals surface area (Å²) in [5, 5.41) is 5.91. The van der Waals surface area contributed by atoms with Gasteiger partial charge in [-0.2, -0.15) is 0 Å². The lowest BCUT2D eigenvalue weighted by Crippen LogP contribution is -2.37. The Bertz CT molecular complexity index is 549. The Morgan fingerprint density at radius 2 is 2.10 bits per heavy atom. The van der Waals surface area contributed by atoms with Crippen LogP contribution in [0.2, 0.25) is 0 Å². The van der Waals surface area contributed by atoms with Gasteiger partial charge in [0, 0.05) is 24.0 Å². The zero-order chi connectivity index (χ0) is 14.5. The summed E-state index contributed by atoms with van der Waals surface area (Å²) in [6.45, 7) is 6.84. The van der Waals surface area contributed by atoms with Crippen LogP contribution in [0.5, 0.6) is 0 Å². The van der Waals surface area contributed by atoms with Gasteiger partial charge in [0.15, 0.2) is 0 Å². The largest absolute Gasteiger partial charge is 0.310 e. The molecular formula is C18H24N2S. The molecule has 0 bridgehead atoms. The van der Waals surface area contributed by atoms with E-state index in [1.54, 1.807) is 0 Å². The summed E-state index contributed by atoms with van der Waals surface area (Å²) in [5.74, 6) is 0. The molecule has 1 atom stereocenters. The highest BCUT2D eigenvalue weighted by molar-refractivity contribution is 7.10. The lowest BCUT2D eigenvalue weighted by molar-refractivity contribution is 0.260. The van der Waals surface area contributed by atoms with Crippen LogP contribution in [0.4, 0.5) is 0 Å². The number of hydrogen-bond acceptors (Lipinski definition) is 3. The topological polar surface area (TPSA) is 15.3 Å². The highest BCUT2D eigenvalue weighted by atomic mass is 32.1. The van der Waals surface area contributed by atoms with Gasteiger partial charge in [-0.25, -0.2) is 0 Å². The zero-order valence-electron chi connectivity index (χ0n) is 12.7. The highest BCUT2D eigenvalue weighted by Crippen LogP contribution is 2.25. The fraction of sp³-hybridized carbons (Fsp3) is 0.444. The Kier molecular flexibility index (Phi) is 5.07. The summed E-state index contributed by atoms with van der Waals surface area (Å²) in [4.78, 5) is 4.02. The maximum atomic E-state index is 3.64. The molecule has 3 heteroatoms. The van der Waals surface area contributed by atoms with E-state index in [9.17, 15) is 0 Å². The molecular weight excluding hydrogens is 276 g/mol. The summed E-state index contributed by atoms with van der Waals surface area (Å²) in [6, 6.07) is 13.7. The summed E-state index contributed by atoms with van der Waals surface area (Å²) < 4.78 is 0. The number of rotatable bonds is 6. The first kappa shape index (κ1) is 14.8. The Labute approximate surface area is 131 Å². The van der Waals surface area contributed by atoms with Gasteiger partial charge in [-0.05, 0) is 48.5 Å². The van der Waals surface area contributed by atoms with E-state index in [2.05, 4.69) is 58.9 Å². The van der Waals surface area contributed by atoms with Gasteiger partial charge in [0.2, 0.25) is 0 Å². The maximum Gasteiger partial charge on any atom is 0.0300 e. The summed E-state index contributed by atoms with van der Waals surface area (Å²) in [5.41, 5.74) is 2.65. The van der Waals surface area contributed by atoms with Crippen molar-refractivity contribution in [3.8, 4) is 11.1 Å². The minimum atomic E-state index is 0.739. The molecule has 0 amide bonds. The van der Waals surface area contributed by atoms with Crippen LogP contribution < -0.4 is 5.32 Å². The van der Waals surface area contributed by atoms with Gasteiger partial charge in [-0.15, -0.1) is 11.3 Å². The van der Waals surface area contributed by atoms with E-state index in [0.717, 1.165) is 19.1 Å². The molecule has 2 aromatic rings. The molecule has 1 saturated heterocycles. The molecule has 2 heterocycles. The van der Waals surface area contributed by atoms with Crippen LogP contribution >= 0.6 is 11.3 Å². The van der Waals surface area contributed by atoms with Crippen molar-refractivity contribution in [3.05, 3.63) is 46.7 Å². The molecule has 3 rings (SSSR count). The molecule has 2 nitrogen and oxygen atoms in total. The van der Waals surface area contributed by atoms with Crippen molar-refractivity contribution in [1.29, 1.82) is 0 Å². The van der Waals surface area contributed by atoms with Crippen LogP contribution in [0, 0.1) is 0 Å². The third kappa shape index (κ3) is 3.73. The minimum absolute atomic E-state index is 0.739. The number of nitrogens with zero attached hydrogens (tertiary/aromatic N) is 1. The van der Waals surface area contributed by atoms with Gasteiger partial charge in [-0.1, -0.05) is 37.3 Å². The van der Waals surface area contributed by atoms with E-state index in [4.69, 9.17) is 0 Å². The third-order valence-electron chi connectivity index (χ3n) is 4.35. The van der Waals surface area contributed by atoms with E-state index in [0.29, 0.717) is 0 Å². The van der Waals surface area contributed by atoms with Gasteiger partial charge < -0.3 is 5.32 Å². The lowest BCUT2D eigenvalue weighted by atomic mass is 10.1. The van der Waals surface area contributed by atoms with E-state index in [1.165, 1.54) is 41.9 Å². The Hall–Kier alpha value is -1.16. The first-order valence-electron chi connectivity index (χ1n) is 7.94. The quantitative estimate of drug-likeness (QED) is 0.868. The molecule has 21 heavy (non-hydrogen) atoms. The Morgan fingerprint density at radius 1 is 1.24 bits per heavy atom. The predicted octanol–water partition coefficient (Wildman–Crippen LogP) is 3.99. The van der Waals surface area contributed by atoms with Crippen molar-refractivity contribution >= 4 is 11.3 Å². The third-order valence-corrected chi connectivity index (χ3v) is 5.28. The van der Waals surface area contributed by atoms with Crippen molar-refractivity contribution in [2.75, 3.05) is 19.6 Å². The fourth-order valence-electron chi connectivity index (χ4n) is 3.16. The van der Waals surface area contributed by atoms with Gasteiger partial charge in [0.05, 0.1) is 0 Å². The second kappa shape index (κ2) is 7.21. The summed E-state index contributed by atoms with van der Waals surface area (Å²) in [7, 11) is 0. The Morgan fingerprint density at radius 3 is 2.90 bits per heavy atom. The number of thiophene rings is 1. The highest BCUT2D eigenvalue weighted by Gasteiger charge is 2.22. The van der Waals surface area contributed by atoms with Crippen molar-refractivity contribution in [3.63, 3.8) is 0 Å². The van der Waals surface area contributed by atoms with Crippen molar-refractivity contribution < 1.29 is 0 Å². The Balaban J connectivity index is 1.51. The van der Waals surface area contributed by atoms with Crippen LogP contribution in [-0.2, 0) is 6.54 Å². The minimum Gasteiger partial charge on any atom is -0.310 e. The van der Waals surface area contributed by atoms with Crippen LogP contribution in [0.1, 0.15) is 24.6 Å². The average molecular weight is 300 g/mol. The van der Waals surface area contributed by atoms with Crippen LogP contribution in [0.15, 0.2) is 41.8 Å².